The Labute approximate surface area is 99.0 Å². The van der Waals surface area contributed by atoms with E-state index in [1.807, 2.05) is 11.8 Å². The summed E-state index contributed by atoms with van der Waals surface area (Å²) in [6.07, 6.45) is 1.33. The highest BCUT2D eigenvalue weighted by atomic mass is 16.5. The fourth-order valence-corrected chi connectivity index (χ4v) is 1.87. The zero-order chi connectivity index (χ0) is 12.4. The number of hydrogen-bond acceptors (Lipinski definition) is 5. The molecule has 17 heavy (non-hydrogen) atoms. The molecule has 1 saturated heterocycles. The molecule has 1 unspecified atom stereocenters. The van der Waals surface area contributed by atoms with Crippen molar-refractivity contribution in [3.05, 3.63) is 17.8 Å². The first-order valence-corrected chi connectivity index (χ1v) is 5.43. The van der Waals surface area contributed by atoms with Gasteiger partial charge in [-0.3, -0.25) is 0 Å². The quantitative estimate of drug-likeness (QED) is 0.782. The minimum Gasteiger partial charge on any atom is -0.478 e. The summed E-state index contributed by atoms with van der Waals surface area (Å²) in [4.78, 5) is 16.9. The fourth-order valence-electron chi connectivity index (χ4n) is 1.87. The summed E-state index contributed by atoms with van der Waals surface area (Å²) >= 11 is 0. The van der Waals surface area contributed by atoms with E-state index in [1.165, 1.54) is 12.3 Å². The Morgan fingerprint density at radius 2 is 2.47 bits per heavy atom. The van der Waals surface area contributed by atoms with E-state index >= 15 is 0 Å². The number of morpholine rings is 1. The normalized spacial score (nSPS) is 20.3. The van der Waals surface area contributed by atoms with E-state index in [0.717, 1.165) is 0 Å². The summed E-state index contributed by atoms with van der Waals surface area (Å²) in [6, 6.07) is 1.63. The van der Waals surface area contributed by atoms with E-state index in [0.29, 0.717) is 31.3 Å². The third kappa shape index (κ3) is 2.31. The maximum absolute atomic E-state index is 10.8. The number of pyridine rings is 1. The van der Waals surface area contributed by atoms with Gasteiger partial charge in [-0.05, 0) is 13.0 Å². The van der Waals surface area contributed by atoms with Crippen molar-refractivity contribution in [1.82, 2.24) is 4.98 Å². The second-order valence-electron chi connectivity index (χ2n) is 4.06. The zero-order valence-electron chi connectivity index (χ0n) is 9.59. The lowest BCUT2D eigenvalue weighted by Gasteiger charge is -2.34. The minimum atomic E-state index is -1.02. The van der Waals surface area contributed by atoms with Crippen molar-refractivity contribution in [2.24, 2.45) is 0 Å². The van der Waals surface area contributed by atoms with Crippen LogP contribution in [0.3, 0.4) is 0 Å². The molecule has 2 heterocycles. The lowest BCUT2D eigenvalue weighted by atomic mass is 10.2. The van der Waals surface area contributed by atoms with Crippen LogP contribution in [0.1, 0.15) is 17.3 Å². The van der Waals surface area contributed by atoms with Crippen LogP contribution in [0.4, 0.5) is 11.5 Å². The standard InChI is InChI=1S/C11H15N3O3/c1-7-6-17-3-2-14(7)10-9(12)4-8(5-13-10)11(15)16/h4-5,7H,2-3,6,12H2,1H3,(H,15,16). The Kier molecular flexibility index (Phi) is 3.14. The lowest BCUT2D eigenvalue weighted by Crippen LogP contribution is -2.44. The molecule has 1 fully saturated rings. The van der Waals surface area contributed by atoms with Crippen LogP contribution in [0.15, 0.2) is 12.3 Å². The molecule has 2 rings (SSSR count). The second kappa shape index (κ2) is 4.58. The number of hydrogen-bond donors (Lipinski definition) is 2. The van der Waals surface area contributed by atoms with Crippen LogP contribution in [0.2, 0.25) is 0 Å². The number of anilines is 2. The minimum absolute atomic E-state index is 0.104. The lowest BCUT2D eigenvalue weighted by molar-refractivity contribution is 0.0696. The summed E-state index contributed by atoms with van der Waals surface area (Å²) in [5.74, 6) is -0.392. The number of nitrogen functional groups attached to an aromatic ring is 1. The van der Waals surface area contributed by atoms with E-state index in [-0.39, 0.29) is 11.6 Å². The van der Waals surface area contributed by atoms with Gasteiger partial charge >= 0.3 is 5.97 Å². The molecule has 1 aliphatic rings. The van der Waals surface area contributed by atoms with E-state index < -0.39 is 5.97 Å². The summed E-state index contributed by atoms with van der Waals surface area (Å²) in [7, 11) is 0. The maximum atomic E-state index is 10.8. The number of carboxylic acid groups (broad SMARTS) is 1. The molecule has 1 aromatic rings. The number of carboxylic acids is 1. The smallest absolute Gasteiger partial charge is 0.337 e. The number of aromatic carboxylic acids is 1. The summed E-state index contributed by atoms with van der Waals surface area (Å²) in [5, 5.41) is 8.83. The number of nitrogens with two attached hydrogens (primary N) is 1. The Hall–Kier alpha value is -1.82. The van der Waals surface area contributed by atoms with Crippen LogP contribution in [0.5, 0.6) is 0 Å². The highest BCUT2D eigenvalue weighted by Gasteiger charge is 2.22. The molecule has 1 aliphatic heterocycles. The number of aromatic nitrogens is 1. The van der Waals surface area contributed by atoms with Gasteiger partial charge < -0.3 is 20.5 Å². The average Bonchev–Trinajstić information content (AvgIpc) is 2.30. The average molecular weight is 237 g/mol. The Morgan fingerprint density at radius 3 is 3.06 bits per heavy atom. The van der Waals surface area contributed by atoms with Gasteiger partial charge in [0.1, 0.15) is 0 Å². The maximum Gasteiger partial charge on any atom is 0.337 e. The number of carbonyl (C=O) groups is 1. The molecule has 6 nitrogen and oxygen atoms in total. The van der Waals surface area contributed by atoms with Gasteiger partial charge in [0.15, 0.2) is 5.82 Å². The molecule has 1 aromatic heterocycles. The molecule has 92 valence electrons. The second-order valence-corrected chi connectivity index (χ2v) is 4.06. The molecule has 0 bridgehead atoms. The van der Waals surface area contributed by atoms with Gasteiger partial charge in [0.05, 0.1) is 30.5 Å². The highest BCUT2D eigenvalue weighted by Crippen LogP contribution is 2.24. The van der Waals surface area contributed by atoms with Gasteiger partial charge in [-0.1, -0.05) is 0 Å². The molecular formula is C11H15N3O3. The number of ether oxygens (including phenoxy) is 1. The van der Waals surface area contributed by atoms with Gasteiger partial charge in [-0.2, -0.15) is 0 Å². The summed E-state index contributed by atoms with van der Waals surface area (Å²) in [5.41, 5.74) is 6.34. The molecule has 0 saturated carbocycles. The van der Waals surface area contributed by atoms with E-state index in [9.17, 15) is 4.79 Å². The monoisotopic (exact) mass is 237 g/mol. The van der Waals surface area contributed by atoms with Crippen LogP contribution in [0, 0.1) is 0 Å². The summed E-state index contributed by atoms with van der Waals surface area (Å²) in [6.45, 7) is 3.99. The van der Waals surface area contributed by atoms with Crippen molar-refractivity contribution >= 4 is 17.5 Å². The third-order valence-corrected chi connectivity index (χ3v) is 2.78. The van der Waals surface area contributed by atoms with Crippen molar-refractivity contribution in [3.8, 4) is 0 Å². The van der Waals surface area contributed by atoms with Crippen molar-refractivity contribution in [1.29, 1.82) is 0 Å². The van der Waals surface area contributed by atoms with Gasteiger partial charge in [0, 0.05) is 12.7 Å². The van der Waals surface area contributed by atoms with Gasteiger partial charge in [-0.15, -0.1) is 0 Å². The van der Waals surface area contributed by atoms with Crippen molar-refractivity contribution in [2.75, 3.05) is 30.4 Å². The van der Waals surface area contributed by atoms with Gasteiger partial charge in [0.2, 0.25) is 0 Å². The van der Waals surface area contributed by atoms with Crippen LogP contribution in [0.25, 0.3) is 0 Å². The van der Waals surface area contributed by atoms with Crippen molar-refractivity contribution in [3.63, 3.8) is 0 Å². The Morgan fingerprint density at radius 1 is 1.71 bits per heavy atom. The molecule has 0 aliphatic carbocycles. The molecule has 6 heteroatoms. The molecule has 0 spiro atoms. The fraction of sp³-hybridized carbons (Fsp3) is 0.455. The zero-order valence-corrected chi connectivity index (χ0v) is 9.59. The molecule has 0 amide bonds. The van der Waals surface area contributed by atoms with Crippen LogP contribution in [-0.4, -0.2) is 41.9 Å². The number of nitrogens with zero attached hydrogens (tertiary/aromatic N) is 2. The Bertz CT molecular complexity index is 436. The largest absolute Gasteiger partial charge is 0.478 e. The molecule has 3 N–H and O–H groups in total. The predicted molar refractivity (Wildman–Crippen MR) is 63.2 cm³/mol. The third-order valence-electron chi connectivity index (χ3n) is 2.78. The van der Waals surface area contributed by atoms with Crippen LogP contribution < -0.4 is 10.6 Å². The first-order chi connectivity index (χ1) is 8.09. The predicted octanol–water partition coefficient (Wildman–Crippen LogP) is 0.587. The first kappa shape index (κ1) is 11.7. The van der Waals surface area contributed by atoms with E-state index in [2.05, 4.69) is 4.98 Å². The first-order valence-electron chi connectivity index (χ1n) is 5.43. The Balaban J connectivity index is 2.29. The van der Waals surface area contributed by atoms with Crippen molar-refractivity contribution in [2.45, 2.75) is 13.0 Å². The molecule has 0 aromatic carbocycles. The highest BCUT2D eigenvalue weighted by molar-refractivity contribution is 5.89. The van der Waals surface area contributed by atoms with Gasteiger partial charge in [0.25, 0.3) is 0 Å². The molecule has 0 radical (unpaired) electrons. The van der Waals surface area contributed by atoms with Gasteiger partial charge in [-0.25, -0.2) is 9.78 Å². The number of rotatable bonds is 2. The molecular weight excluding hydrogens is 222 g/mol. The van der Waals surface area contributed by atoms with Crippen LogP contribution >= 0.6 is 0 Å². The van der Waals surface area contributed by atoms with E-state index in [4.69, 9.17) is 15.6 Å². The molecule has 1 atom stereocenters. The SMILES string of the molecule is CC1COCCN1c1ncc(C(=O)O)cc1N. The topological polar surface area (TPSA) is 88.7 Å². The van der Waals surface area contributed by atoms with E-state index in [1.54, 1.807) is 0 Å². The summed E-state index contributed by atoms with van der Waals surface area (Å²) < 4.78 is 5.33. The van der Waals surface area contributed by atoms with Crippen LogP contribution in [-0.2, 0) is 4.74 Å². The van der Waals surface area contributed by atoms with Crippen molar-refractivity contribution < 1.29 is 14.6 Å².